The van der Waals surface area contributed by atoms with Gasteiger partial charge in [-0.15, -0.1) is 0 Å². The molecule has 2 rings (SSSR count). The van der Waals surface area contributed by atoms with Crippen LogP contribution in [0.2, 0.25) is 0 Å². The van der Waals surface area contributed by atoms with Crippen LogP contribution in [0.25, 0.3) is 0 Å². The molecule has 0 aliphatic rings. The van der Waals surface area contributed by atoms with Crippen molar-refractivity contribution in [1.29, 1.82) is 0 Å². The molecule has 17 heavy (non-hydrogen) atoms. The summed E-state index contributed by atoms with van der Waals surface area (Å²) < 4.78 is 1.91. The minimum absolute atomic E-state index is 0.487. The van der Waals surface area contributed by atoms with Gasteiger partial charge >= 0.3 is 0 Å². The highest BCUT2D eigenvalue weighted by Crippen LogP contribution is 2.19. The number of nitrogens with zero attached hydrogens (tertiary/aromatic N) is 3. The van der Waals surface area contributed by atoms with E-state index in [9.17, 15) is 5.11 Å². The van der Waals surface area contributed by atoms with Crippen molar-refractivity contribution in [2.75, 3.05) is 0 Å². The van der Waals surface area contributed by atoms with Crippen LogP contribution in [0.15, 0.2) is 24.7 Å². The standard InChI is InChI=1S/C13H17N3O/c1-9-6-10(2)13(15-8-9)11(17)7-12-14-4-5-16(12)3/h4-6,8,11,17H,7H2,1-3H3. The van der Waals surface area contributed by atoms with Gasteiger partial charge in [0.05, 0.1) is 5.69 Å². The Hall–Kier alpha value is -1.68. The molecule has 0 amide bonds. The first kappa shape index (κ1) is 11.8. The molecule has 0 aliphatic carbocycles. The van der Waals surface area contributed by atoms with E-state index < -0.39 is 6.10 Å². The van der Waals surface area contributed by atoms with Crippen LogP contribution in [0.5, 0.6) is 0 Å². The lowest BCUT2D eigenvalue weighted by atomic mass is 10.1. The maximum absolute atomic E-state index is 10.2. The van der Waals surface area contributed by atoms with Gasteiger partial charge in [-0.25, -0.2) is 4.98 Å². The fourth-order valence-corrected chi connectivity index (χ4v) is 1.94. The minimum Gasteiger partial charge on any atom is -0.386 e. The molecule has 0 aromatic carbocycles. The van der Waals surface area contributed by atoms with Crippen LogP contribution >= 0.6 is 0 Å². The van der Waals surface area contributed by atoms with Gasteiger partial charge in [-0.05, 0) is 25.0 Å². The zero-order valence-corrected chi connectivity index (χ0v) is 10.4. The number of hydrogen-bond donors (Lipinski definition) is 1. The Bertz CT molecular complexity index is 519. The molecule has 2 aromatic rings. The average molecular weight is 231 g/mol. The summed E-state index contributed by atoms with van der Waals surface area (Å²) in [5.74, 6) is 0.860. The van der Waals surface area contributed by atoms with E-state index in [1.54, 1.807) is 12.4 Å². The molecule has 4 heteroatoms. The Kier molecular flexibility index (Phi) is 3.24. The van der Waals surface area contributed by atoms with Crippen LogP contribution in [-0.2, 0) is 13.5 Å². The second-order valence-corrected chi connectivity index (χ2v) is 4.39. The fraction of sp³-hybridized carbons (Fsp3) is 0.385. The lowest BCUT2D eigenvalue weighted by Crippen LogP contribution is -2.09. The predicted molar refractivity (Wildman–Crippen MR) is 65.6 cm³/mol. The molecule has 0 fully saturated rings. The van der Waals surface area contributed by atoms with E-state index in [4.69, 9.17) is 0 Å². The van der Waals surface area contributed by atoms with Gasteiger partial charge in [0.25, 0.3) is 0 Å². The third kappa shape index (κ3) is 2.53. The van der Waals surface area contributed by atoms with Crippen molar-refractivity contribution < 1.29 is 5.11 Å². The zero-order valence-electron chi connectivity index (χ0n) is 10.4. The molecule has 90 valence electrons. The molecule has 0 aliphatic heterocycles. The van der Waals surface area contributed by atoms with E-state index in [-0.39, 0.29) is 0 Å². The van der Waals surface area contributed by atoms with Gasteiger partial charge in [0.1, 0.15) is 11.9 Å². The van der Waals surface area contributed by atoms with Crippen LogP contribution < -0.4 is 0 Å². The molecule has 2 heterocycles. The highest BCUT2D eigenvalue weighted by molar-refractivity contribution is 5.25. The van der Waals surface area contributed by atoms with Crippen molar-refractivity contribution in [2.24, 2.45) is 7.05 Å². The van der Waals surface area contributed by atoms with Crippen molar-refractivity contribution >= 4 is 0 Å². The molecule has 4 nitrogen and oxygen atoms in total. The van der Waals surface area contributed by atoms with Crippen LogP contribution in [-0.4, -0.2) is 19.6 Å². The number of pyridine rings is 1. The summed E-state index contributed by atoms with van der Waals surface area (Å²) in [7, 11) is 1.92. The Morgan fingerprint density at radius 3 is 2.71 bits per heavy atom. The monoisotopic (exact) mass is 231 g/mol. The van der Waals surface area contributed by atoms with Crippen LogP contribution in [0, 0.1) is 13.8 Å². The Morgan fingerprint density at radius 2 is 2.12 bits per heavy atom. The first-order valence-electron chi connectivity index (χ1n) is 5.65. The molecule has 0 bridgehead atoms. The second-order valence-electron chi connectivity index (χ2n) is 4.39. The summed E-state index contributed by atoms with van der Waals surface area (Å²) in [5.41, 5.74) is 2.86. The average Bonchev–Trinajstić information content (AvgIpc) is 2.64. The molecule has 0 radical (unpaired) electrons. The molecule has 2 aromatic heterocycles. The van der Waals surface area contributed by atoms with Crippen LogP contribution in [0.1, 0.15) is 28.7 Å². The fourth-order valence-electron chi connectivity index (χ4n) is 1.94. The number of aliphatic hydroxyl groups is 1. The summed E-state index contributed by atoms with van der Waals surface area (Å²) in [6, 6.07) is 2.03. The highest BCUT2D eigenvalue weighted by atomic mass is 16.3. The lowest BCUT2D eigenvalue weighted by molar-refractivity contribution is 0.169. The maximum Gasteiger partial charge on any atom is 0.111 e. The van der Waals surface area contributed by atoms with Crippen molar-refractivity contribution in [3.05, 3.63) is 47.3 Å². The maximum atomic E-state index is 10.2. The summed E-state index contributed by atoms with van der Waals surface area (Å²) >= 11 is 0. The molecular formula is C13H17N3O. The smallest absolute Gasteiger partial charge is 0.111 e. The normalized spacial score (nSPS) is 12.7. The SMILES string of the molecule is Cc1cnc(C(O)Cc2nccn2C)c(C)c1. The summed E-state index contributed by atoms with van der Waals surface area (Å²) in [5, 5.41) is 10.2. The molecule has 1 atom stereocenters. The van der Waals surface area contributed by atoms with Gasteiger partial charge in [-0.1, -0.05) is 6.07 Å². The Balaban J connectivity index is 2.20. The number of imidazole rings is 1. The second kappa shape index (κ2) is 4.67. The highest BCUT2D eigenvalue weighted by Gasteiger charge is 2.14. The largest absolute Gasteiger partial charge is 0.386 e. The molecule has 0 saturated carbocycles. The Labute approximate surface area is 101 Å². The third-order valence-electron chi connectivity index (χ3n) is 2.87. The first-order valence-corrected chi connectivity index (χ1v) is 5.65. The summed E-state index contributed by atoms with van der Waals surface area (Å²) in [6.07, 6.45) is 5.27. The van der Waals surface area contributed by atoms with Gasteiger partial charge in [0.15, 0.2) is 0 Å². The van der Waals surface area contributed by atoms with E-state index >= 15 is 0 Å². The molecule has 1 unspecified atom stereocenters. The first-order chi connectivity index (χ1) is 8.08. The number of rotatable bonds is 3. The van der Waals surface area contributed by atoms with E-state index in [0.717, 1.165) is 22.6 Å². The Morgan fingerprint density at radius 1 is 1.35 bits per heavy atom. The molecule has 1 N–H and O–H groups in total. The van der Waals surface area contributed by atoms with Gasteiger partial charge in [0, 0.05) is 32.1 Å². The topological polar surface area (TPSA) is 50.9 Å². The van der Waals surface area contributed by atoms with Gasteiger partial charge < -0.3 is 9.67 Å². The van der Waals surface area contributed by atoms with E-state index in [0.29, 0.717) is 6.42 Å². The zero-order chi connectivity index (χ0) is 12.4. The summed E-state index contributed by atoms with van der Waals surface area (Å²) in [4.78, 5) is 8.50. The summed E-state index contributed by atoms with van der Waals surface area (Å²) in [6.45, 7) is 3.96. The van der Waals surface area contributed by atoms with E-state index in [1.165, 1.54) is 0 Å². The van der Waals surface area contributed by atoms with Gasteiger partial charge in [-0.3, -0.25) is 4.98 Å². The van der Waals surface area contributed by atoms with Crippen LogP contribution in [0.3, 0.4) is 0 Å². The van der Waals surface area contributed by atoms with Crippen LogP contribution in [0.4, 0.5) is 0 Å². The number of aromatic nitrogens is 3. The number of aryl methyl sites for hydroxylation is 3. The minimum atomic E-state index is -0.600. The number of aliphatic hydroxyl groups excluding tert-OH is 1. The molecule has 0 spiro atoms. The quantitative estimate of drug-likeness (QED) is 0.874. The third-order valence-corrected chi connectivity index (χ3v) is 2.87. The molecular weight excluding hydrogens is 214 g/mol. The van der Waals surface area contributed by atoms with E-state index in [1.807, 2.05) is 37.7 Å². The lowest BCUT2D eigenvalue weighted by Gasteiger charge is -2.12. The molecule has 0 saturated heterocycles. The number of hydrogen-bond acceptors (Lipinski definition) is 3. The van der Waals surface area contributed by atoms with E-state index in [2.05, 4.69) is 9.97 Å². The van der Waals surface area contributed by atoms with Gasteiger partial charge in [-0.2, -0.15) is 0 Å². The van der Waals surface area contributed by atoms with Crippen molar-refractivity contribution in [1.82, 2.24) is 14.5 Å². The van der Waals surface area contributed by atoms with Crippen molar-refractivity contribution in [3.63, 3.8) is 0 Å². The van der Waals surface area contributed by atoms with Gasteiger partial charge in [0.2, 0.25) is 0 Å². The van der Waals surface area contributed by atoms with Crippen molar-refractivity contribution in [2.45, 2.75) is 26.4 Å². The predicted octanol–water partition coefficient (Wildman–Crippen LogP) is 1.71. The van der Waals surface area contributed by atoms with Crippen molar-refractivity contribution in [3.8, 4) is 0 Å².